The van der Waals surface area contributed by atoms with Crippen molar-refractivity contribution in [2.24, 2.45) is 0 Å². The number of aromatic nitrogens is 3. The zero-order chi connectivity index (χ0) is 17.6. The van der Waals surface area contributed by atoms with Crippen molar-refractivity contribution in [3.05, 3.63) is 60.3 Å². The van der Waals surface area contributed by atoms with E-state index < -0.39 is 0 Å². The van der Waals surface area contributed by atoms with Gasteiger partial charge in [-0.15, -0.1) is 5.10 Å². The van der Waals surface area contributed by atoms with E-state index in [-0.39, 0.29) is 6.10 Å². The van der Waals surface area contributed by atoms with E-state index in [0.717, 1.165) is 17.1 Å². The van der Waals surface area contributed by atoms with Crippen LogP contribution in [0.4, 0.5) is 23.1 Å². The minimum atomic E-state index is 0.149. The fourth-order valence-electron chi connectivity index (χ4n) is 2.31. The van der Waals surface area contributed by atoms with Crippen LogP contribution < -0.4 is 15.4 Å². The Bertz CT molecular complexity index is 833. The Morgan fingerprint density at radius 2 is 1.76 bits per heavy atom. The summed E-state index contributed by atoms with van der Waals surface area (Å²) in [5.41, 5.74) is 3.00. The van der Waals surface area contributed by atoms with Gasteiger partial charge in [0.05, 0.1) is 12.3 Å². The van der Waals surface area contributed by atoms with Crippen molar-refractivity contribution in [1.29, 1.82) is 0 Å². The van der Waals surface area contributed by atoms with Crippen LogP contribution in [0.3, 0.4) is 0 Å². The summed E-state index contributed by atoms with van der Waals surface area (Å²) in [5.74, 6) is 1.88. The van der Waals surface area contributed by atoms with Gasteiger partial charge in [0.2, 0.25) is 5.95 Å². The zero-order valence-corrected chi connectivity index (χ0v) is 14.5. The lowest BCUT2D eigenvalue weighted by Gasteiger charge is -2.11. The van der Waals surface area contributed by atoms with Crippen LogP contribution in [0.5, 0.6) is 5.75 Å². The highest BCUT2D eigenvalue weighted by atomic mass is 16.5. The number of nitrogens with zero attached hydrogens (tertiary/aromatic N) is 3. The van der Waals surface area contributed by atoms with Gasteiger partial charge in [-0.25, -0.2) is 0 Å². The molecule has 2 aromatic carbocycles. The van der Waals surface area contributed by atoms with E-state index in [9.17, 15) is 0 Å². The summed E-state index contributed by atoms with van der Waals surface area (Å²) in [7, 11) is 0. The van der Waals surface area contributed by atoms with Crippen LogP contribution in [0.2, 0.25) is 0 Å². The predicted molar refractivity (Wildman–Crippen MR) is 99.8 cm³/mol. The second kappa shape index (κ2) is 7.61. The summed E-state index contributed by atoms with van der Waals surface area (Å²) in [6, 6.07) is 15.7. The van der Waals surface area contributed by atoms with Crippen molar-refractivity contribution in [2.45, 2.75) is 26.9 Å². The number of rotatable bonds is 6. The molecule has 0 fully saturated rings. The normalized spacial score (nSPS) is 10.6. The molecule has 0 bridgehead atoms. The maximum atomic E-state index is 5.63. The summed E-state index contributed by atoms with van der Waals surface area (Å²) in [5, 5.41) is 14.4. The molecule has 0 atom stereocenters. The Hall–Kier alpha value is -3.15. The molecule has 0 unspecified atom stereocenters. The van der Waals surface area contributed by atoms with Gasteiger partial charge in [0.25, 0.3) is 0 Å². The molecular formula is C19H21N5O. The third-order valence-electron chi connectivity index (χ3n) is 3.33. The number of ether oxygens (including phenoxy) is 1. The lowest BCUT2D eigenvalue weighted by Crippen LogP contribution is -2.05. The Kier molecular flexibility index (Phi) is 5.09. The largest absolute Gasteiger partial charge is 0.491 e. The molecular weight excluding hydrogens is 314 g/mol. The summed E-state index contributed by atoms with van der Waals surface area (Å²) < 4.78 is 5.63. The average Bonchev–Trinajstić information content (AvgIpc) is 2.57. The first-order chi connectivity index (χ1) is 12.1. The lowest BCUT2D eigenvalue weighted by molar-refractivity contribution is 0.242. The molecule has 0 amide bonds. The van der Waals surface area contributed by atoms with Gasteiger partial charge >= 0.3 is 0 Å². The van der Waals surface area contributed by atoms with Crippen molar-refractivity contribution < 1.29 is 4.74 Å². The molecule has 0 saturated carbocycles. The number of benzene rings is 2. The van der Waals surface area contributed by atoms with Gasteiger partial charge in [-0.05, 0) is 62.7 Å². The molecule has 3 aromatic rings. The van der Waals surface area contributed by atoms with E-state index in [1.807, 2.05) is 69.3 Å². The third kappa shape index (κ3) is 4.91. The molecule has 0 saturated heterocycles. The van der Waals surface area contributed by atoms with Gasteiger partial charge < -0.3 is 15.4 Å². The second-order valence-corrected chi connectivity index (χ2v) is 5.98. The molecule has 2 N–H and O–H groups in total. The van der Waals surface area contributed by atoms with Crippen LogP contribution >= 0.6 is 0 Å². The fourth-order valence-corrected chi connectivity index (χ4v) is 2.31. The minimum absolute atomic E-state index is 0.149. The minimum Gasteiger partial charge on any atom is -0.491 e. The maximum absolute atomic E-state index is 5.63. The molecule has 0 radical (unpaired) electrons. The Balaban J connectivity index is 1.69. The first-order valence-electron chi connectivity index (χ1n) is 8.15. The maximum Gasteiger partial charge on any atom is 0.249 e. The number of hydrogen-bond acceptors (Lipinski definition) is 6. The Morgan fingerprint density at radius 1 is 0.960 bits per heavy atom. The molecule has 0 aliphatic carbocycles. The van der Waals surface area contributed by atoms with Crippen LogP contribution in [-0.4, -0.2) is 21.3 Å². The van der Waals surface area contributed by atoms with Crippen molar-refractivity contribution in [3.63, 3.8) is 0 Å². The summed E-state index contributed by atoms with van der Waals surface area (Å²) in [6.07, 6.45) is 1.74. The van der Waals surface area contributed by atoms with E-state index in [4.69, 9.17) is 4.74 Å². The zero-order valence-electron chi connectivity index (χ0n) is 14.5. The van der Waals surface area contributed by atoms with Crippen molar-refractivity contribution in [3.8, 4) is 5.75 Å². The van der Waals surface area contributed by atoms with Gasteiger partial charge in [0.15, 0.2) is 5.82 Å². The summed E-state index contributed by atoms with van der Waals surface area (Å²) in [6.45, 7) is 6.04. The molecule has 0 aliphatic rings. The standard InChI is InChI=1S/C19H21N5O/c1-13(2)25-17-9-7-15(8-10-17)22-19-23-18(12-20-24-19)21-16-6-4-5-14(3)11-16/h4-13H,1-3H3,(H2,21,22,23,24). The highest BCUT2D eigenvalue weighted by Gasteiger charge is 2.03. The molecule has 1 aromatic heterocycles. The van der Waals surface area contributed by atoms with Crippen molar-refractivity contribution >= 4 is 23.1 Å². The van der Waals surface area contributed by atoms with E-state index in [1.165, 1.54) is 5.56 Å². The van der Waals surface area contributed by atoms with E-state index in [0.29, 0.717) is 11.8 Å². The van der Waals surface area contributed by atoms with Crippen molar-refractivity contribution in [2.75, 3.05) is 10.6 Å². The predicted octanol–water partition coefficient (Wildman–Crippen LogP) is 4.45. The van der Waals surface area contributed by atoms with Crippen LogP contribution in [0, 0.1) is 6.92 Å². The van der Waals surface area contributed by atoms with Gasteiger partial charge in [-0.3, -0.25) is 0 Å². The molecule has 6 heteroatoms. The van der Waals surface area contributed by atoms with Gasteiger partial charge in [0.1, 0.15) is 5.75 Å². The summed E-state index contributed by atoms with van der Waals surface area (Å²) >= 11 is 0. The van der Waals surface area contributed by atoms with Crippen LogP contribution in [0.1, 0.15) is 19.4 Å². The number of hydrogen-bond donors (Lipinski definition) is 2. The molecule has 1 heterocycles. The van der Waals surface area contributed by atoms with E-state index in [2.05, 4.69) is 25.8 Å². The molecule has 0 spiro atoms. The topological polar surface area (TPSA) is 72.0 Å². The van der Waals surface area contributed by atoms with Crippen LogP contribution in [-0.2, 0) is 0 Å². The molecule has 25 heavy (non-hydrogen) atoms. The first kappa shape index (κ1) is 16.7. The number of nitrogens with one attached hydrogen (secondary N) is 2. The highest BCUT2D eigenvalue weighted by molar-refractivity contribution is 5.59. The van der Waals surface area contributed by atoms with Gasteiger partial charge in [-0.1, -0.05) is 12.1 Å². The van der Waals surface area contributed by atoms with Gasteiger partial charge in [0, 0.05) is 11.4 Å². The monoisotopic (exact) mass is 335 g/mol. The lowest BCUT2D eigenvalue weighted by atomic mass is 10.2. The smallest absolute Gasteiger partial charge is 0.249 e. The second-order valence-electron chi connectivity index (χ2n) is 5.98. The third-order valence-corrected chi connectivity index (χ3v) is 3.33. The molecule has 0 aliphatic heterocycles. The Morgan fingerprint density at radius 3 is 2.48 bits per heavy atom. The number of aryl methyl sites for hydroxylation is 1. The van der Waals surface area contributed by atoms with Crippen LogP contribution in [0.15, 0.2) is 54.7 Å². The summed E-state index contributed by atoms with van der Waals surface area (Å²) in [4.78, 5) is 4.44. The molecule has 128 valence electrons. The average molecular weight is 335 g/mol. The molecule has 6 nitrogen and oxygen atoms in total. The first-order valence-corrected chi connectivity index (χ1v) is 8.15. The highest BCUT2D eigenvalue weighted by Crippen LogP contribution is 2.20. The van der Waals surface area contributed by atoms with E-state index >= 15 is 0 Å². The van der Waals surface area contributed by atoms with Crippen LogP contribution in [0.25, 0.3) is 0 Å². The molecule has 3 rings (SSSR count). The van der Waals surface area contributed by atoms with Gasteiger partial charge in [-0.2, -0.15) is 10.1 Å². The quantitative estimate of drug-likeness (QED) is 0.693. The SMILES string of the molecule is Cc1cccc(Nc2cnnc(Nc3ccc(OC(C)C)cc3)n2)c1. The van der Waals surface area contributed by atoms with E-state index in [1.54, 1.807) is 6.20 Å². The number of anilines is 4. The van der Waals surface area contributed by atoms with Crippen molar-refractivity contribution in [1.82, 2.24) is 15.2 Å². The Labute approximate surface area is 147 Å². The fraction of sp³-hybridized carbons (Fsp3) is 0.211.